The highest BCUT2D eigenvalue weighted by Crippen LogP contribution is 2.41. The smallest absolute Gasteiger partial charge is 0.0954 e. The van der Waals surface area contributed by atoms with Gasteiger partial charge in [-0.15, -0.1) is 11.3 Å². The fourth-order valence-electron chi connectivity index (χ4n) is 2.34. The summed E-state index contributed by atoms with van der Waals surface area (Å²) < 4.78 is 5.08. The van der Waals surface area contributed by atoms with Crippen molar-refractivity contribution in [3.8, 4) is 0 Å². The molecule has 1 aromatic heterocycles. The van der Waals surface area contributed by atoms with Crippen molar-refractivity contribution in [2.24, 2.45) is 11.1 Å². The van der Waals surface area contributed by atoms with E-state index in [1.54, 1.807) is 18.4 Å². The Labute approximate surface area is 101 Å². The lowest BCUT2D eigenvalue weighted by atomic mass is 9.77. The van der Waals surface area contributed by atoms with E-state index in [0.29, 0.717) is 5.41 Å². The molecule has 0 saturated carbocycles. The number of rotatable bonds is 3. The molecule has 0 amide bonds. The van der Waals surface area contributed by atoms with E-state index in [1.165, 1.54) is 15.6 Å². The quantitative estimate of drug-likeness (QED) is 0.882. The fourth-order valence-corrected chi connectivity index (χ4v) is 3.41. The summed E-state index contributed by atoms with van der Waals surface area (Å²) in [6.07, 6.45) is 3.02. The minimum absolute atomic E-state index is 0.174. The number of nitrogens with two attached hydrogens (primary N) is 1. The zero-order chi connectivity index (χ0) is 11.8. The number of aromatic nitrogens is 1. The van der Waals surface area contributed by atoms with Gasteiger partial charge in [0.2, 0.25) is 0 Å². The molecule has 0 saturated heterocycles. The van der Waals surface area contributed by atoms with Gasteiger partial charge in [0.15, 0.2) is 0 Å². The molecule has 0 fully saturated rings. The van der Waals surface area contributed by atoms with Crippen molar-refractivity contribution in [3.63, 3.8) is 0 Å². The van der Waals surface area contributed by atoms with Crippen LogP contribution in [0.2, 0.25) is 0 Å². The van der Waals surface area contributed by atoms with Gasteiger partial charge < -0.3 is 10.5 Å². The Morgan fingerprint density at radius 3 is 3.00 bits per heavy atom. The Bertz CT molecular complexity index is 373. The maximum Gasteiger partial charge on any atom is 0.0954 e. The molecule has 0 bridgehead atoms. The topological polar surface area (TPSA) is 48.1 Å². The molecule has 1 aliphatic carbocycles. The summed E-state index contributed by atoms with van der Waals surface area (Å²) in [6.45, 7) is 5.28. The molecule has 16 heavy (non-hydrogen) atoms. The monoisotopic (exact) mass is 240 g/mol. The normalized spacial score (nSPS) is 23.1. The highest BCUT2D eigenvalue weighted by molar-refractivity contribution is 7.11. The average Bonchev–Trinajstić information content (AvgIpc) is 2.56. The van der Waals surface area contributed by atoms with Crippen molar-refractivity contribution < 1.29 is 4.74 Å². The van der Waals surface area contributed by atoms with Gasteiger partial charge in [0, 0.05) is 24.4 Å². The van der Waals surface area contributed by atoms with Gasteiger partial charge in [-0.3, -0.25) is 0 Å². The first-order valence-corrected chi connectivity index (χ1v) is 6.56. The molecule has 3 nitrogen and oxygen atoms in total. The molecular formula is C12H20N2OS. The summed E-state index contributed by atoms with van der Waals surface area (Å²) in [7, 11) is 1.72. The molecule has 4 heteroatoms. The molecule has 1 unspecified atom stereocenters. The summed E-state index contributed by atoms with van der Waals surface area (Å²) in [4.78, 5) is 5.99. The van der Waals surface area contributed by atoms with Crippen LogP contribution in [0.1, 0.15) is 41.9 Å². The van der Waals surface area contributed by atoms with E-state index < -0.39 is 0 Å². The lowest BCUT2D eigenvalue weighted by Gasteiger charge is -2.32. The van der Waals surface area contributed by atoms with E-state index in [4.69, 9.17) is 15.5 Å². The van der Waals surface area contributed by atoms with Crippen LogP contribution in [0.4, 0.5) is 0 Å². The Morgan fingerprint density at radius 1 is 1.56 bits per heavy atom. The van der Waals surface area contributed by atoms with Crippen molar-refractivity contribution in [1.29, 1.82) is 0 Å². The van der Waals surface area contributed by atoms with Crippen LogP contribution < -0.4 is 5.73 Å². The van der Waals surface area contributed by atoms with Crippen LogP contribution in [-0.4, -0.2) is 18.7 Å². The molecule has 0 aliphatic heterocycles. The van der Waals surface area contributed by atoms with Crippen molar-refractivity contribution in [2.45, 2.75) is 39.2 Å². The largest absolute Gasteiger partial charge is 0.384 e. The zero-order valence-electron chi connectivity index (χ0n) is 10.2. The van der Waals surface area contributed by atoms with E-state index in [0.717, 1.165) is 25.9 Å². The van der Waals surface area contributed by atoms with Crippen molar-refractivity contribution in [3.05, 3.63) is 15.6 Å². The van der Waals surface area contributed by atoms with Crippen LogP contribution in [0.5, 0.6) is 0 Å². The summed E-state index contributed by atoms with van der Waals surface area (Å²) in [5.41, 5.74) is 7.72. The predicted molar refractivity (Wildman–Crippen MR) is 66.7 cm³/mol. The van der Waals surface area contributed by atoms with Crippen LogP contribution in [0, 0.1) is 5.41 Å². The summed E-state index contributed by atoms with van der Waals surface area (Å²) >= 11 is 1.77. The van der Waals surface area contributed by atoms with E-state index in [2.05, 4.69) is 13.8 Å². The van der Waals surface area contributed by atoms with Crippen molar-refractivity contribution in [1.82, 2.24) is 4.98 Å². The van der Waals surface area contributed by atoms with Gasteiger partial charge in [-0.25, -0.2) is 4.98 Å². The predicted octanol–water partition coefficient (Wildman–Crippen LogP) is 2.30. The molecule has 1 aliphatic rings. The third-order valence-electron chi connectivity index (χ3n) is 3.05. The van der Waals surface area contributed by atoms with E-state index >= 15 is 0 Å². The van der Waals surface area contributed by atoms with Gasteiger partial charge in [-0.05, 0) is 18.3 Å². The maximum absolute atomic E-state index is 6.20. The number of thiazole rings is 1. The highest BCUT2D eigenvalue weighted by atomic mass is 32.1. The van der Waals surface area contributed by atoms with Gasteiger partial charge in [0.05, 0.1) is 17.3 Å². The van der Waals surface area contributed by atoms with Crippen molar-refractivity contribution >= 4 is 11.3 Å². The van der Waals surface area contributed by atoms with E-state index in [-0.39, 0.29) is 6.04 Å². The third kappa shape index (κ3) is 2.44. The fraction of sp³-hybridized carbons (Fsp3) is 0.750. The molecule has 2 N–H and O–H groups in total. The maximum atomic E-state index is 6.20. The van der Waals surface area contributed by atoms with Crippen LogP contribution in [0.3, 0.4) is 0 Å². The van der Waals surface area contributed by atoms with Gasteiger partial charge in [-0.1, -0.05) is 13.8 Å². The Balaban J connectivity index is 2.20. The molecule has 0 spiro atoms. The summed E-state index contributed by atoms with van der Waals surface area (Å²) in [5.74, 6) is 0. The Kier molecular flexibility index (Phi) is 3.33. The standard InChI is InChI=1S/C12H20N2OS/c1-12(2)6-8(13)11-9(7-12)14-10(16-11)4-5-15-3/h8H,4-7,13H2,1-3H3. The number of hydrogen-bond acceptors (Lipinski definition) is 4. The van der Waals surface area contributed by atoms with E-state index in [9.17, 15) is 0 Å². The zero-order valence-corrected chi connectivity index (χ0v) is 11.1. The van der Waals surface area contributed by atoms with Crippen LogP contribution in [0.15, 0.2) is 0 Å². The van der Waals surface area contributed by atoms with Gasteiger partial charge in [0.1, 0.15) is 0 Å². The molecule has 1 aromatic rings. The lowest BCUT2D eigenvalue weighted by Crippen LogP contribution is -2.28. The molecule has 1 atom stereocenters. The molecule has 0 aromatic carbocycles. The van der Waals surface area contributed by atoms with Gasteiger partial charge in [0.25, 0.3) is 0 Å². The van der Waals surface area contributed by atoms with Gasteiger partial charge in [-0.2, -0.15) is 0 Å². The van der Waals surface area contributed by atoms with Crippen LogP contribution in [0.25, 0.3) is 0 Å². The Morgan fingerprint density at radius 2 is 2.31 bits per heavy atom. The van der Waals surface area contributed by atoms with Crippen molar-refractivity contribution in [2.75, 3.05) is 13.7 Å². The summed E-state index contributed by atoms with van der Waals surface area (Å²) in [6, 6.07) is 0.174. The summed E-state index contributed by atoms with van der Waals surface area (Å²) in [5, 5.41) is 1.17. The number of hydrogen-bond donors (Lipinski definition) is 1. The molecule has 0 radical (unpaired) electrons. The number of nitrogens with zero attached hydrogens (tertiary/aromatic N) is 1. The molecular weight excluding hydrogens is 220 g/mol. The second-order valence-electron chi connectivity index (χ2n) is 5.31. The molecule has 2 rings (SSSR count). The molecule has 90 valence electrons. The van der Waals surface area contributed by atoms with Crippen LogP contribution in [-0.2, 0) is 17.6 Å². The third-order valence-corrected chi connectivity index (χ3v) is 4.34. The minimum Gasteiger partial charge on any atom is -0.384 e. The first kappa shape index (κ1) is 12.0. The SMILES string of the molecule is COCCc1nc2c(s1)C(N)CC(C)(C)C2. The Hall–Kier alpha value is -0.450. The van der Waals surface area contributed by atoms with Gasteiger partial charge >= 0.3 is 0 Å². The van der Waals surface area contributed by atoms with E-state index in [1.807, 2.05) is 0 Å². The first-order chi connectivity index (χ1) is 7.52. The first-order valence-electron chi connectivity index (χ1n) is 5.75. The molecule has 1 heterocycles. The average molecular weight is 240 g/mol. The number of ether oxygens (including phenoxy) is 1. The van der Waals surface area contributed by atoms with Crippen LogP contribution >= 0.6 is 11.3 Å². The number of methoxy groups -OCH3 is 1. The second kappa shape index (κ2) is 4.43. The minimum atomic E-state index is 0.174. The number of fused-ring (bicyclic) bond motifs is 1. The lowest BCUT2D eigenvalue weighted by molar-refractivity contribution is 0.202. The highest BCUT2D eigenvalue weighted by Gasteiger charge is 2.32. The second-order valence-corrected chi connectivity index (χ2v) is 6.43.